The molecule has 2 amide bonds. The summed E-state index contributed by atoms with van der Waals surface area (Å²) >= 11 is 0. The SMILES string of the molecule is CCC[C@H](C)NS(=O)(=O)c1ccc(NC(=O)N2CCCC2)cc1. The molecule has 1 aliphatic heterocycles. The van der Waals surface area contributed by atoms with E-state index >= 15 is 0 Å². The molecule has 0 saturated carbocycles. The predicted molar refractivity (Wildman–Crippen MR) is 91.0 cm³/mol. The number of sulfonamides is 1. The maximum absolute atomic E-state index is 12.3. The molecule has 0 aromatic heterocycles. The van der Waals surface area contributed by atoms with Crippen molar-refractivity contribution in [1.82, 2.24) is 9.62 Å². The van der Waals surface area contributed by atoms with Gasteiger partial charge in [0.25, 0.3) is 0 Å². The largest absolute Gasteiger partial charge is 0.325 e. The normalized spacial score (nSPS) is 16.3. The van der Waals surface area contributed by atoms with E-state index in [2.05, 4.69) is 10.0 Å². The molecule has 1 fully saturated rings. The number of benzene rings is 1. The molecule has 2 N–H and O–H groups in total. The number of likely N-dealkylation sites (tertiary alicyclic amines) is 1. The minimum atomic E-state index is -3.52. The summed E-state index contributed by atoms with van der Waals surface area (Å²) in [5, 5.41) is 2.80. The Morgan fingerprint density at radius 1 is 1.22 bits per heavy atom. The van der Waals surface area contributed by atoms with Crippen molar-refractivity contribution in [1.29, 1.82) is 0 Å². The van der Waals surface area contributed by atoms with Gasteiger partial charge in [-0.3, -0.25) is 0 Å². The van der Waals surface area contributed by atoms with Crippen LogP contribution in [0.3, 0.4) is 0 Å². The number of hydrogen-bond donors (Lipinski definition) is 2. The van der Waals surface area contributed by atoms with Gasteiger partial charge in [0.2, 0.25) is 10.0 Å². The number of hydrogen-bond acceptors (Lipinski definition) is 3. The Bertz CT molecular complexity index is 622. The third-order valence-corrected chi connectivity index (χ3v) is 5.49. The van der Waals surface area contributed by atoms with Gasteiger partial charge in [-0.25, -0.2) is 17.9 Å². The zero-order chi connectivity index (χ0) is 16.9. The van der Waals surface area contributed by atoms with E-state index in [4.69, 9.17) is 0 Å². The van der Waals surface area contributed by atoms with Crippen LogP contribution in [0.5, 0.6) is 0 Å². The highest BCUT2D eigenvalue weighted by Crippen LogP contribution is 2.16. The van der Waals surface area contributed by atoms with Crippen molar-refractivity contribution in [3.8, 4) is 0 Å². The molecule has 0 radical (unpaired) electrons. The second-order valence-corrected chi connectivity index (χ2v) is 7.67. The van der Waals surface area contributed by atoms with Crippen LogP contribution < -0.4 is 10.0 Å². The lowest BCUT2D eigenvalue weighted by Crippen LogP contribution is -2.33. The number of carbonyl (C=O) groups is 1. The molecule has 0 bridgehead atoms. The molecule has 0 spiro atoms. The lowest BCUT2D eigenvalue weighted by Gasteiger charge is -2.16. The minimum absolute atomic E-state index is 0.0976. The zero-order valence-electron chi connectivity index (χ0n) is 13.7. The van der Waals surface area contributed by atoms with E-state index in [1.807, 2.05) is 13.8 Å². The lowest BCUT2D eigenvalue weighted by molar-refractivity contribution is 0.222. The van der Waals surface area contributed by atoms with Crippen molar-refractivity contribution >= 4 is 21.7 Å². The predicted octanol–water partition coefficient (Wildman–Crippen LogP) is 2.78. The van der Waals surface area contributed by atoms with E-state index in [-0.39, 0.29) is 17.0 Å². The van der Waals surface area contributed by atoms with Crippen LogP contribution in [-0.4, -0.2) is 38.5 Å². The van der Waals surface area contributed by atoms with Gasteiger partial charge in [0.05, 0.1) is 4.90 Å². The summed E-state index contributed by atoms with van der Waals surface area (Å²) < 4.78 is 27.2. The summed E-state index contributed by atoms with van der Waals surface area (Å²) in [5.74, 6) is 0. The van der Waals surface area contributed by atoms with Crippen molar-refractivity contribution in [2.24, 2.45) is 0 Å². The van der Waals surface area contributed by atoms with Crippen molar-refractivity contribution < 1.29 is 13.2 Å². The number of urea groups is 1. The van der Waals surface area contributed by atoms with Gasteiger partial charge in [0.15, 0.2) is 0 Å². The number of anilines is 1. The molecule has 1 atom stereocenters. The average Bonchev–Trinajstić information content (AvgIpc) is 3.01. The summed E-state index contributed by atoms with van der Waals surface area (Å²) in [6, 6.07) is 6.04. The summed E-state index contributed by atoms with van der Waals surface area (Å²) in [4.78, 5) is 14.0. The maximum Gasteiger partial charge on any atom is 0.321 e. The minimum Gasteiger partial charge on any atom is -0.325 e. The Morgan fingerprint density at radius 2 is 1.83 bits per heavy atom. The molecule has 1 saturated heterocycles. The van der Waals surface area contributed by atoms with Crippen molar-refractivity contribution in [3.05, 3.63) is 24.3 Å². The molecule has 1 heterocycles. The molecular formula is C16H25N3O3S. The first-order valence-electron chi connectivity index (χ1n) is 8.10. The highest BCUT2D eigenvalue weighted by atomic mass is 32.2. The molecule has 1 aromatic carbocycles. The maximum atomic E-state index is 12.3. The number of amides is 2. The van der Waals surface area contributed by atoms with Gasteiger partial charge in [0, 0.05) is 24.8 Å². The van der Waals surface area contributed by atoms with Crippen LogP contribution in [-0.2, 0) is 10.0 Å². The topological polar surface area (TPSA) is 78.5 Å². The number of nitrogens with one attached hydrogen (secondary N) is 2. The molecular weight excluding hydrogens is 314 g/mol. The van der Waals surface area contributed by atoms with Gasteiger partial charge in [-0.15, -0.1) is 0 Å². The van der Waals surface area contributed by atoms with Gasteiger partial charge >= 0.3 is 6.03 Å². The first-order chi connectivity index (χ1) is 10.9. The monoisotopic (exact) mass is 339 g/mol. The second kappa shape index (κ2) is 7.79. The Labute approximate surface area is 138 Å². The number of rotatable bonds is 6. The van der Waals surface area contributed by atoms with Crippen LogP contribution in [0.4, 0.5) is 10.5 Å². The summed E-state index contributed by atoms with van der Waals surface area (Å²) in [7, 11) is -3.52. The molecule has 23 heavy (non-hydrogen) atoms. The van der Waals surface area contributed by atoms with Crippen molar-refractivity contribution in [2.45, 2.75) is 50.5 Å². The average molecular weight is 339 g/mol. The molecule has 7 heteroatoms. The van der Waals surface area contributed by atoms with E-state index in [9.17, 15) is 13.2 Å². The Kier molecular flexibility index (Phi) is 6.01. The first kappa shape index (κ1) is 17.7. The highest BCUT2D eigenvalue weighted by molar-refractivity contribution is 7.89. The van der Waals surface area contributed by atoms with E-state index in [1.54, 1.807) is 17.0 Å². The molecule has 128 valence electrons. The fraction of sp³-hybridized carbons (Fsp3) is 0.562. The van der Waals surface area contributed by atoms with Gasteiger partial charge < -0.3 is 10.2 Å². The Balaban J connectivity index is 1.99. The highest BCUT2D eigenvalue weighted by Gasteiger charge is 2.19. The Morgan fingerprint density at radius 3 is 2.39 bits per heavy atom. The van der Waals surface area contributed by atoms with E-state index in [1.165, 1.54) is 12.1 Å². The fourth-order valence-electron chi connectivity index (χ4n) is 2.67. The first-order valence-corrected chi connectivity index (χ1v) is 9.59. The fourth-order valence-corrected chi connectivity index (χ4v) is 3.94. The molecule has 1 aliphatic rings. The van der Waals surface area contributed by atoms with Gasteiger partial charge in [-0.1, -0.05) is 13.3 Å². The quantitative estimate of drug-likeness (QED) is 0.836. The van der Waals surface area contributed by atoms with Gasteiger partial charge in [-0.2, -0.15) is 0 Å². The summed E-state index contributed by atoms with van der Waals surface area (Å²) in [5.41, 5.74) is 0.599. The van der Waals surface area contributed by atoms with Gasteiger partial charge in [-0.05, 0) is 50.5 Å². The van der Waals surface area contributed by atoms with Crippen LogP contribution >= 0.6 is 0 Å². The number of carbonyl (C=O) groups excluding carboxylic acids is 1. The Hall–Kier alpha value is -1.60. The van der Waals surface area contributed by atoms with Crippen LogP contribution in [0.1, 0.15) is 39.5 Å². The smallest absolute Gasteiger partial charge is 0.321 e. The van der Waals surface area contributed by atoms with Crippen LogP contribution in [0, 0.1) is 0 Å². The number of nitrogens with zero attached hydrogens (tertiary/aromatic N) is 1. The third kappa shape index (κ3) is 4.94. The standard InChI is InChI=1S/C16H25N3O3S/c1-3-6-13(2)18-23(21,22)15-9-7-14(8-10-15)17-16(20)19-11-4-5-12-19/h7-10,13,18H,3-6,11-12H2,1-2H3,(H,17,20)/t13-/m0/s1. The molecule has 0 unspecified atom stereocenters. The van der Waals surface area contributed by atoms with Crippen LogP contribution in [0.2, 0.25) is 0 Å². The molecule has 6 nitrogen and oxygen atoms in total. The van der Waals surface area contributed by atoms with E-state index in [0.29, 0.717) is 5.69 Å². The van der Waals surface area contributed by atoms with Crippen molar-refractivity contribution in [3.63, 3.8) is 0 Å². The molecule has 0 aliphatic carbocycles. The van der Waals surface area contributed by atoms with E-state index in [0.717, 1.165) is 38.8 Å². The van der Waals surface area contributed by atoms with Crippen molar-refractivity contribution in [2.75, 3.05) is 18.4 Å². The van der Waals surface area contributed by atoms with Crippen LogP contribution in [0.25, 0.3) is 0 Å². The zero-order valence-corrected chi connectivity index (χ0v) is 14.5. The van der Waals surface area contributed by atoms with Gasteiger partial charge in [0.1, 0.15) is 0 Å². The van der Waals surface area contributed by atoms with E-state index < -0.39 is 10.0 Å². The molecule has 2 rings (SSSR count). The van der Waals surface area contributed by atoms with Crippen LogP contribution in [0.15, 0.2) is 29.2 Å². The summed E-state index contributed by atoms with van der Waals surface area (Å²) in [6.07, 6.45) is 3.78. The third-order valence-electron chi connectivity index (χ3n) is 3.89. The lowest BCUT2D eigenvalue weighted by atomic mass is 10.2. The second-order valence-electron chi connectivity index (χ2n) is 5.96. The summed E-state index contributed by atoms with van der Waals surface area (Å²) in [6.45, 7) is 5.42. The molecule has 1 aromatic rings.